The highest BCUT2D eigenvalue weighted by molar-refractivity contribution is 6.29. The van der Waals surface area contributed by atoms with Crippen molar-refractivity contribution in [1.82, 2.24) is 0 Å². The largest absolute Gasteiger partial charge is 0.473 e. The van der Waals surface area contributed by atoms with E-state index in [4.69, 9.17) is 27.9 Å². The third kappa shape index (κ3) is 1.39. The van der Waals surface area contributed by atoms with Gasteiger partial charge in [0.1, 0.15) is 5.75 Å². The van der Waals surface area contributed by atoms with Crippen molar-refractivity contribution in [3.63, 3.8) is 0 Å². The van der Waals surface area contributed by atoms with Gasteiger partial charge in [-0.25, -0.2) is 0 Å². The molecule has 64 valence electrons. The van der Waals surface area contributed by atoms with Gasteiger partial charge < -0.3 is 4.74 Å². The van der Waals surface area contributed by atoms with E-state index in [2.05, 4.69) is 0 Å². The summed E-state index contributed by atoms with van der Waals surface area (Å²) in [5, 5.41) is -0.124. The summed E-state index contributed by atoms with van der Waals surface area (Å²) >= 11 is 11.8. The molecule has 0 radical (unpaired) electrons. The van der Waals surface area contributed by atoms with Gasteiger partial charge in [-0.3, -0.25) is 0 Å². The van der Waals surface area contributed by atoms with Crippen LogP contribution in [0.15, 0.2) is 24.3 Å². The van der Waals surface area contributed by atoms with Crippen LogP contribution in [0.4, 0.5) is 0 Å². The number of para-hydroxylation sites is 1. The SMILES string of the molecule is ClC1Cc2ccccc2OC1Cl. The summed E-state index contributed by atoms with van der Waals surface area (Å²) in [6.07, 6.45) is 0.784. The van der Waals surface area contributed by atoms with Crippen molar-refractivity contribution in [2.24, 2.45) is 0 Å². The molecular weight excluding hydrogens is 195 g/mol. The second-order valence-corrected chi connectivity index (χ2v) is 3.79. The lowest BCUT2D eigenvalue weighted by molar-refractivity contribution is 0.253. The van der Waals surface area contributed by atoms with E-state index in [0.29, 0.717) is 0 Å². The zero-order chi connectivity index (χ0) is 8.55. The van der Waals surface area contributed by atoms with Crippen LogP contribution in [0.25, 0.3) is 0 Å². The maximum absolute atomic E-state index is 5.94. The quantitative estimate of drug-likeness (QED) is 0.589. The normalized spacial score (nSPS) is 27.5. The van der Waals surface area contributed by atoms with Crippen LogP contribution < -0.4 is 4.74 Å². The first-order valence-corrected chi connectivity index (χ1v) is 4.67. The summed E-state index contributed by atoms with van der Waals surface area (Å²) < 4.78 is 5.38. The summed E-state index contributed by atoms with van der Waals surface area (Å²) in [5.41, 5.74) is 0.732. The monoisotopic (exact) mass is 202 g/mol. The number of alkyl halides is 2. The average molecular weight is 203 g/mol. The first-order chi connectivity index (χ1) is 5.77. The Labute approximate surface area is 81.2 Å². The Morgan fingerprint density at radius 2 is 2.00 bits per heavy atom. The van der Waals surface area contributed by atoms with Crippen molar-refractivity contribution >= 4 is 23.2 Å². The molecule has 0 N–H and O–H groups in total. The smallest absolute Gasteiger partial charge is 0.188 e. The zero-order valence-electron chi connectivity index (χ0n) is 6.34. The molecule has 2 atom stereocenters. The Balaban J connectivity index is 2.34. The van der Waals surface area contributed by atoms with Gasteiger partial charge in [-0.15, -0.1) is 11.6 Å². The van der Waals surface area contributed by atoms with E-state index in [1.807, 2.05) is 24.3 Å². The topological polar surface area (TPSA) is 9.23 Å². The number of fused-ring (bicyclic) bond motifs is 1. The van der Waals surface area contributed by atoms with Crippen molar-refractivity contribution in [3.05, 3.63) is 29.8 Å². The average Bonchev–Trinajstić information content (AvgIpc) is 2.07. The highest BCUT2D eigenvalue weighted by Crippen LogP contribution is 2.30. The predicted molar refractivity (Wildman–Crippen MR) is 50.1 cm³/mol. The number of halogens is 2. The summed E-state index contributed by atoms with van der Waals surface area (Å²) in [4.78, 5) is 0. The highest BCUT2D eigenvalue weighted by atomic mass is 35.5. The molecule has 0 saturated carbocycles. The van der Waals surface area contributed by atoms with Crippen LogP contribution in [-0.2, 0) is 6.42 Å². The Morgan fingerprint density at radius 1 is 1.25 bits per heavy atom. The van der Waals surface area contributed by atoms with Gasteiger partial charge in [-0.1, -0.05) is 29.8 Å². The Kier molecular flexibility index (Phi) is 2.16. The molecule has 0 aromatic heterocycles. The van der Waals surface area contributed by atoms with Crippen LogP contribution in [0.1, 0.15) is 5.56 Å². The molecule has 1 aromatic carbocycles. The predicted octanol–water partition coefficient (Wildman–Crippen LogP) is 2.79. The molecule has 3 heteroatoms. The Bertz CT molecular complexity index is 259. The van der Waals surface area contributed by atoms with Crippen LogP contribution in [-0.4, -0.2) is 10.9 Å². The van der Waals surface area contributed by atoms with Crippen LogP contribution in [0.3, 0.4) is 0 Å². The first-order valence-electron chi connectivity index (χ1n) is 3.80. The van der Waals surface area contributed by atoms with Gasteiger partial charge in [0.25, 0.3) is 0 Å². The maximum Gasteiger partial charge on any atom is 0.188 e. The molecule has 2 unspecified atom stereocenters. The van der Waals surface area contributed by atoms with Crippen molar-refractivity contribution in [1.29, 1.82) is 0 Å². The van der Waals surface area contributed by atoms with E-state index in [1.54, 1.807) is 0 Å². The lowest BCUT2D eigenvalue weighted by atomic mass is 10.1. The third-order valence-corrected chi connectivity index (χ3v) is 2.82. The third-order valence-electron chi connectivity index (χ3n) is 1.91. The molecule has 1 nitrogen and oxygen atoms in total. The second kappa shape index (κ2) is 3.15. The van der Waals surface area contributed by atoms with Crippen LogP contribution >= 0.6 is 23.2 Å². The molecule has 1 aromatic rings. The second-order valence-electron chi connectivity index (χ2n) is 2.80. The molecule has 0 bridgehead atoms. The van der Waals surface area contributed by atoms with Crippen molar-refractivity contribution < 1.29 is 4.74 Å². The summed E-state index contributed by atoms with van der Waals surface area (Å²) in [6, 6.07) is 7.82. The lowest BCUT2D eigenvalue weighted by Crippen LogP contribution is -2.28. The molecule has 1 heterocycles. The fraction of sp³-hybridized carbons (Fsp3) is 0.333. The van der Waals surface area contributed by atoms with Gasteiger partial charge in [-0.05, 0) is 18.1 Å². The maximum atomic E-state index is 5.94. The van der Waals surface area contributed by atoms with Gasteiger partial charge in [0.15, 0.2) is 5.56 Å². The van der Waals surface area contributed by atoms with Gasteiger partial charge in [0.05, 0.1) is 5.38 Å². The van der Waals surface area contributed by atoms with Crippen molar-refractivity contribution in [2.45, 2.75) is 17.4 Å². The van der Waals surface area contributed by atoms with E-state index >= 15 is 0 Å². The van der Waals surface area contributed by atoms with Gasteiger partial charge in [0.2, 0.25) is 0 Å². The molecule has 12 heavy (non-hydrogen) atoms. The highest BCUT2D eigenvalue weighted by Gasteiger charge is 2.25. The van der Waals surface area contributed by atoms with Gasteiger partial charge >= 0.3 is 0 Å². The number of rotatable bonds is 0. The number of hydrogen-bond acceptors (Lipinski definition) is 1. The summed E-state index contributed by atoms with van der Waals surface area (Å²) in [6.45, 7) is 0. The van der Waals surface area contributed by atoms with Crippen LogP contribution in [0, 0.1) is 0 Å². The van der Waals surface area contributed by atoms with E-state index in [1.165, 1.54) is 0 Å². The molecule has 0 spiro atoms. The van der Waals surface area contributed by atoms with E-state index < -0.39 is 5.56 Å². The lowest BCUT2D eigenvalue weighted by Gasteiger charge is -2.25. The number of ether oxygens (including phenoxy) is 1. The van der Waals surface area contributed by atoms with Gasteiger partial charge in [0, 0.05) is 0 Å². The minimum absolute atomic E-state index is 0.124. The van der Waals surface area contributed by atoms with E-state index in [0.717, 1.165) is 17.7 Å². The molecular formula is C9H8Cl2O. The van der Waals surface area contributed by atoms with Crippen molar-refractivity contribution in [3.8, 4) is 5.75 Å². The van der Waals surface area contributed by atoms with E-state index in [9.17, 15) is 0 Å². The molecule has 0 saturated heterocycles. The summed E-state index contributed by atoms with van der Waals surface area (Å²) in [7, 11) is 0. The molecule has 2 rings (SSSR count). The molecule has 0 fully saturated rings. The molecule has 1 aliphatic heterocycles. The van der Waals surface area contributed by atoms with Crippen LogP contribution in [0.2, 0.25) is 0 Å². The summed E-state index contributed by atoms with van der Waals surface area (Å²) in [5.74, 6) is 0.856. The Morgan fingerprint density at radius 3 is 2.83 bits per heavy atom. The van der Waals surface area contributed by atoms with Crippen molar-refractivity contribution in [2.75, 3.05) is 0 Å². The minimum atomic E-state index is -0.401. The minimum Gasteiger partial charge on any atom is -0.473 e. The fourth-order valence-electron chi connectivity index (χ4n) is 1.29. The first kappa shape index (κ1) is 8.21. The Hall–Kier alpha value is -0.400. The fourth-order valence-corrected chi connectivity index (χ4v) is 1.69. The molecule has 1 aliphatic rings. The van der Waals surface area contributed by atoms with E-state index in [-0.39, 0.29) is 5.38 Å². The molecule has 0 aliphatic carbocycles. The van der Waals surface area contributed by atoms with Gasteiger partial charge in [-0.2, -0.15) is 0 Å². The van der Waals surface area contributed by atoms with Crippen LogP contribution in [0.5, 0.6) is 5.75 Å². The number of benzene rings is 1. The standard InChI is InChI=1S/C9H8Cl2O/c10-7-5-6-3-1-2-4-8(6)12-9(7)11/h1-4,7,9H,5H2. The molecule has 0 amide bonds. The number of hydrogen-bond donors (Lipinski definition) is 0. The zero-order valence-corrected chi connectivity index (χ0v) is 7.85.